The van der Waals surface area contributed by atoms with Gasteiger partial charge < -0.3 is 19.5 Å². The summed E-state index contributed by atoms with van der Waals surface area (Å²) in [5.41, 5.74) is 4.62. The van der Waals surface area contributed by atoms with Crippen molar-refractivity contribution < 1.29 is 19.0 Å². The molecule has 0 saturated heterocycles. The molecule has 0 unspecified atom stereocenters. The Balaban J connectivity index is 1.19. The Bertz CT molecular complexity index is 1290. The topological polar surface area (TPSA) is 82.6 Å². The van der Waals surface area contributed by atoms with Gasteiger partial charge in [0.05, 0.1) is 0 Å². The van der Waals surface area contributed by atoms with Crippen molar-refractivity contribution in [3.05, 3.63) is 95.8 Å². The Morgan fingerprint density at radius 1 is 0.970 bits per heavy atom. The van der Waals surface area contributed by atoms with Crippen molar-refractivity contribution in [3.63, 3.8) is 0 Å². The van der Waals surface area contributed by atoms with Gasteiger partial charge in [0, 0.05) is 30.1 Å². The SMILES string of the molecule is Cc1ccccc1-c1cnc(Oc2ccc(C(=O)NCc3ccc4c(c3)OCO4)cc2)nc1. The Kier molecular flexibility index (Phi) is 5.59. The Hall–Kier alpha value is -4.39. The molecule has 0 bridgehead atoms. The van der Waals surface area contributed by atoms with Crippen LogP contribution in [-0.4, -0.2) is 22.7 Å². The normalized spacial score (nSPS) is 11.8. The van der Waals surface area contributed by atoms with Crippen LogP contribution >= 0.6 is 0 Å². The third kappa shape index (κ3) is 4.62. The lowest BCUT2D eigenvalue weighted by Crippen LogP contribution is -2.22. The fraction of sp³-hybridized carbons (Fsp3) is 0.115. The monoisotopic (exact) mass is 439 g/mol. The molecule has 1 amide bonds. The molecule has 33 heavy (non-hydrogen) atoms. The van der Waals surface area contributed by atoms with Crippen LogP contribution in [0.15, 0.2) is 79.1 Å². The highest BCUT2D eigenvalue weighted by molar-refractivity contribution is 5.94. The first-order chi connectivity index (χ1) is 16.2. The minimum Gasteiger partial charge on any atom is -0.454 e. The number of benzene rings is 3. The maximum atomic E-state index is 12.5. The predicted molar refractivity (Wildman–Crippen MR) is 122 cm³/mol. The van der Waals surface area contributed by atoms with Gasteiger partial charge in [-0.25, -0.2) is 9.97 Å². The molecule has 0 atom stereocenters. The minimum absolute atomic E-state index is 0.182. The van der Waals surface area contributed by atoms with Crippen molar-refractivity contribution in [1.82, 2.24) is 15.3 Å². The summed E-state index contributed by atoms with van der Waals surface area (Å²) in [5.74, 6) is 1.77. The van der Waals surface area contributed by atoms with Crippen molar-refractivity contribution in [1.29, 1.82) is 0 Å². The number of aryl methyl sites for hydroxylation is 1. The summed E-state index contributed by atoms with van der Waals surface area (Å²) in [6.07, 6.45) is 3.48. The van der Waals surface area contributed by atoms with Crippen LogP contribution in [0.2, 0.25) is 0 Å². The van der Waals surface area contributed by atoms with Crippen molar-refractivity contribution in [3.8, 4) is 34.4 Å². The zero-order valence-electron chi connectivity index (χ0n) is 17.9. The van der Waals surface area contributed by atoms with Crippen LogP contribution in [0.5, 0.6) is 23.3 Å². The van der Waals surface area contributed by atoms with Gasteiger partial charge in [0.15, 0.2) is 11.5 Å². The zero-order valence-corrected chi connectivity index (χ0v) is 17.9. The highest BCUT2D eigenvalue weighted by Gasteiger charge is 2.14. The molecule has 7 nitrogen and oxygen atoms in total. The third-order valence-electron chi connectivity index (χ3n) is 5.30. The van der Waals surface area contributed by atoms with Gasteiger partial charge in [0.1, 0.15) is 5.75 Å². The van der Waals surface area contributed by atoms with Gasteiger partial charge >= 0.3 is 6.01 Å². The number of amides is 1. The average Bonchev–Trinajstić information content (AvgIpc) is 3.32. The average molecular weight is 439 g/mol. The second-order valence-corrected chi connectivity index (χ2v) is 7.57. The molecule has 2 heterocycles. The van der Waals surface area contributed by atoms with Crippen LogP contribution in [0.4, 0.5) is 0 Å². The number of nitrogens with one attached hydrogen (secondary N) is 1. The van der Waals surface area contributed by atoms with E-state index in [1.807, 2.05) is 49.4 Å². The van der Waals surface area contributed by atoms with E-state index in [0.717, 1.165) is 28.0 Å². The molecule has 1 aliphatic heterocycles. The van der Waals surface area contributed by atoms with E-state index in [1.54, 1.807) is 36.7 Å². The molecule has 1 N–H and O–H groups in total. The molecule has 3 aromatic carbocycles. The van der Waals surface area contributed by atoms with Crippen LogP contribution in [0, 0.1) is 6.92 Å². The summed E-state index contributed by atoms with van der Waals surface area (Å²) in [7, 11) is 0. The lowest BCUT2D eigenvalue weighted by Gasteiger charge is -2.08. The molecule has 0 spiro atoms. The van der Waals surface area contributed by atoms with Crippen molar-refractivity contribution in [2.24, 2.45) is 0 Å². The van der Waals surface area contributed by atoms with Crippen LogP contribution < -0.4 is 19.5 Å². The van der Waals surface area contributed by atoms with Gasteiger partial charge in [-0.3, -0.25) is 4.79 Å². The van der Waals surface area contributed by atoms with Gasteiger partial charge in [-0.05, 0) is 60.0 Å². The molecule has 4 aromatic rings. The fourth-order valence-corrected chi connectivity index (χ4v) is 3.52. The first-order valence-corrected chi connectivity index (χ1v) is 10.5. The summed E-state index contributed by atoms with van der Waals surface area (Å²) >= 11 is 0. The van der Waals surface area contributed by atoms with Gasteiger partial charge in [-0.1, -0.05) is 30.3 Å². The van der Waals surface area contributed by atoms with E-state index in [2.05, 4.69) is 15.3 Å². The maximum absolute atomic E-state index is 12.5. The molecule has 164 valence electrons. The van der Waals surface area contributed by atoms with Gasteiger partial charge in [-0.2, -0.15) is 0 Å². The molecule has 0 fully saturated rings. The van der Waals surface area contributed by atoms with E-state index >= 15 is 0 Å². The second kappa shape index (κ2) is 9.00. The number of ether oxygens (including phenoxy) is 3. The summed E-state index contributed by atoms with van der Waals surface area (Å²) in [5, 5.41) is 2.90. The Labute approximate surface area is 191 Å². The molecular formula is C26H21N3O4. The van der Waals surface area contributed by atoms with E-state index < -0.39 is 0 Å². The number of rotatable bonds is 6. The van der Waals surface area contributed by atoms with Gasteiger partial charge in [0.2, 0.25) is 6.79 Å². The number of hydrogen-bond donors (Lipinski definition) is 1. The summed E-state index contributed by atoms with van der Waals surface area (Å²) in [6.45, 7) is 2.66. The number of fused-ring (bicyclic) bond motifs is 1. The number of aromatic nitrogens is 2. The minimum atomic E-state index is -0.182. The first kappa shape index (κ1) is 20.5. The molecule has 7 heteroatoms. The maximum Gasteiger partial charge on any atom is 0.321 e. The van der Waals surface area contributed by atoms with E-state index in [-0.39, 0.29) is 18.7 Å². The number of hydrogen-bond acceptors (Lipinski definition) is 6. The standard InChI is InChI=1S/C26H21N3O4/c1-17-4-2-3-5-22(17)20-14-28-26(29-15-20)33-21-9-7-19(8-10-21)25(30)27-13-18-6-11-23-24(12-18)32-16-31-23/h2-12,14-15H,13,16H2,1H3,(H,27,30). The van der Waals surface area contributed by atoms with Crippen molar-refractivity contribution in [2.75, 3.05) is 6.79 Å². The summed E-state index contributed by atoms with van der Waals surface area (Å²) in [6, 6.07) is 20.7. The molecule has 0 aliphatic carbocycles. The second-order valence-electron chi connectivity index (χ2n) is 7.57. The van der Waals surface area contributed by atoms with Crippen LogP contribution in [0.25, 0.3) is 11.1 Å². The number of carbonyl (C=O) groups is 1. The smallest absolute Gasteiger partial charge is 0.321 e. The summed E-state index contributed by atoms with van der Waals surface area (Å²) in [4.78, 5) is 21.1. The highest BCUT2D eigenvalue weighted by atomic mass is 16.7. The van der Waals surface area contributed by atoms with E-state index in [9.17, 15) is 4.79 Å². The van der Waals surface area contributed by atoms with Crippen molar-refractivity contribution in [2.45, 2.75) is 13.5 Å². The highest BCUT2D eigenvalue weighted by Crippen LogP contribution is 2.32. The quantitative estimate of drug-likeness (QED) is 0.460. The first-order valence-electron chi connectivity index (χ1n) is 10.5. The number of nitrogens with zero attached hydrogens (tertiary/aromatic N) is 2. The van der Waals surface area contributed by atoms with E-state index in [4.69, 9.17) is 14.2 Å². The largest absolute Gasteiger partial charge is 0.454 e. The van der Waals surface area contributed by atoms with Crippen LogP contribution in [-0.2, 0) is 6.54 Å². The predicted octanol–water partition coefficient (Wildman–Crippen LogP) is 4.90. The zero-order chi connectivity index (χ0) is 22.6. The summed E-state index contributed by atoms with van der Waals surface area (Å²) < 4.78 is 16.4. The Morgan fingerprint density at radius 3 is 2.52 bits per heavy atom. The number of carbonyl (C=O) groups excluding carboxylic acids is 1. The van der Waals surface area contributed by atoms with Gasteiger partial charge in [0.25, 0.3) is 5.91 Å². The molecule has 0 radical (unpaired) electrons. The van der Waals surface area contributed by atoms with E-state index in [1.165, 1.54) is 0 Å². The van der Waals surface area contributed by atoms with Crippen LogP contribution in [0.1, 0.15) is 21.5 Å². The third-order valence-corrected chi connectivity index (χ3v) is 5.30. The van der Waals surface area contributed by atoms with E-state index in [0.29, 0.717) is 23.6 Å². The van der Waals surface area contributed by atoms with Gasteiger partial charge in [-0.15, -0.1) is 0 Å². The molecular weight excluding hydrogens is 418 g/mol. The fourth-order valence-electron chi connectivity index (χ4n) is 3.52. The van der Waals surface area contributed by atoms with Crippen molar-refractivity contribution >= 4 is 5.91 Å². The Morgan fingerprint density at radius 2 is 1.73 bits per heavy atom. The molecule has 5 rings (SSSR count). The lowest BCUT2D eigenvalue weighted by molar-refractivity contribution is 0.0951. The van der Waals surface area contributed by atoms with Crippen LogP contribution in [0.3, 0.4) is 0 Å². The molecule has 0 saturated carbocycles. The molecule has 1 aliphatic rings. The lowest BCUT2D eigenvalue weighted by atomic mass is 10.0. The molecule has 1 aromatic heterocycles.